The lowest BCUT2D eigenvalue weighted by Crippen LogP contribution is -2.53. The number of carboxylic acid groups (broad SMARTS) is 1. The predicted molar refractivity (Wildman–Crippen MR) is 147 cm³/mol. The number of aliphatic imine (C=N–C) groups is 1. The zero-order valence-electron chi connectivity index (χ0n) is 22.2. The lowest BCUT2D eigenvalue weighted by Gasteiger charge is -2.23. The Morgan fingerprint density at radius 1 is 0.842 bits per heavy atom. The number of phenols is 1. The molecule has 1 unspecified atom stereocenters. The maximum Gasteiger partial charge on any atom is 0.326 e. The third-order valence-corrected chi connectivity index (χ3v) is 6.09. The zero-order chi connectivity index (χ0) is 28.2. The molecule has 2 aromatic rings. The predicted octanol–water partition coefficient (Wildman–Crippen LogP) is 2.04. The van der Waals surface area contributed by atoms with Crippen LogP contribution in [0.4, 0.5) is 0 Å². The Morgan fingerprint density at radius 2 is 1.39 bits per heavy atom. The summed E-state index contributed by atoms with van der Waals surface area (Å²) in [5.74, 6) is -2.23. The third kappa shape index (κ3) is 10.1. The van der Waals surface area contributed by atoms with Gasteiger partial charge in [0.2, 0.25) is 11.8 Å². The monoisotopic (exact) mass is 525 g/mol. The fourth-order valence-corrected chi connectivity index (χ4v) is 3.97. The van der Waals surface area contributed by atoms with Crippen LogP contribution in [0.5, 0.6) is 5.75 Å². The number of carbonyl (C=O) groups is 3. The first kappa shape index (κ1) is 30.1. The van der Waals surface area contributed by atoms with Crippen molar-refractivity contribution in [2.45, 2.75) is 64.5 Å². The molecule has 0 aliphatic rings. The Balaban J connectivity index is 2.16. The SMILES string of the molecule is CC(C)Cc1ccc(C(C)C(=O)N[C@@H](Cc2ccc(O)cc2)C(=O)N[C@@H](CCCN=C(N)N)C(=O)O)cc1. The van der Waals surface area contributed by atoms with E-state index in [2.05, 4.69) is 29.5 Å². The van der Waals surface area contributed by atoms with E-state index in [0.29, 0.717) is 17.9 Å². The van der Waals surface area contributed by atoms with Crippen LogP contribution >= 0.6 is 0 Å². The number of carboxylic acids is 1. The molecule has 3 atom stereocenters. The Morgan fingerprint density at radius 3 is 1.95 bits per heavy atom. The molecule has 0 saturated heterocycles. The van der Waals surface area contributed by atoms with Gasteiger partial charge in [0.05, 0.1) is 5.92 Å². The van der Waals surface area contributed by atoms with Crippen LogP contribution in [0.25, 0.3) is 0 Å². The van der Waals surface area contributed by atoms with E-state index >= 15 is 0 Å². The Labute approximate surface area is 223 Å². The van der Waals surface area contributed by atoms with Gasteiger partial charge < -0.3 is 32.3 Å². The highest BCUT2D eigenvalue weighted by atomic mass is 16.4. The number of benzene rings is 2. The third-order valence-electron chi connectivity index (χ3n) is 6.09. The molecule has 0 aromatic heterocycles. The van der Waals surface area contributed by atoms with E-state index in [9.17, 15) is 24.6 Å². The summed E-state index contributed by atoms with van der Waals surface area (Å²) in [6.45, 7) is 6.26. The minimum absolute atomic E-state index is 0.0695. The van der Waals surface area contributed by atoms with Gasteiger partial charge in [-0.3, -0.25) is 14.6 Å². The maximum atomic E-state index is 13.2. The van der Waals surface area contributed by atoms with Crippen LogP contribution < -0.4 is 22.1 Å². The summed E-state index contributed by atoms with van der Waals surface area (Å²) in [5, 5.41) is 24.5. The summed E-state index contributed by atoms with van der Waals surface area (Å²) in [6, 6.07) is 11.9. The van der Waals surface area contributed by atoms with E-state index in [4.69, 9.17) is 11.5 Å². The van der Waals surface area contributed by atoms with Gasteiger partial charge in [-0.2, -0.15) is 0 Å². The Kier molecular flexibility index (Phi) is 11.6. The highest BCUT2D eigenvalue weighted by Gasteiger charge is 2.28. The average Bonchev–Trinajstić information content (AvgIpc) is 2.85. The van der Waals surface area contributed by atoms with Crippen molar-refractivity contribution in [2.24, 2.45) is 22.4 Å². The Bertz CT molecular complexity index is 1100. The van der Waals surface area contributed by atoms with Gasteiger partial charge in [0, 0.05) is 13.0 Å². The van der Waals surface area contributed by atoms with Crippen LogP contribution in [-0.4, -0.2) is 52.6 Å². The molecular formula is C28H39N5O5. The maximum absolute atomic E-state index is 13.2. The van der Waals surface area contributed by atoms with Crippen molar-refractivity contribution in [3.05, 3.63) is 65.2 Å². The quantitative estimate of drug-likeness (QED) is 0.124. The highest BCUT2D eigenvalue weighted by Crippen LogP contribution is 2.19. The van der Waals surface area contributed by atoms with Crippen molar-refractivity contribution < 1.29 is 24.6 Å². The van der Waals surface area contributed by atoms with Gasteiger partial charge >= 0.3 is 5.97 Å². The Hall–Kier alpha value is -4.08. The fourth-order valence-electron chi connectivity index (χ4n) is 3.97. The smallest absolute Gasteiger partial charge is 0.326 e. The number of aromatic hydroxyl groups is 1. The molecule has 2 aromatic carbocycles. The van der Waals surface area contributed by atoms with Crippen molar-refractivity contribution in [3.63, 3.8) is 0 Å². The fraction of sp³-hybridized carbons (Fsp3) is 0.429. The normalized spacial score (nSPS) is 13.3. The molecule has 10 heteroatoms. The van der Waals surface area contributed by atoms with Crippen LogP contribution in [0.1, 0.15) is 56.2 Å². The van der Waals surface area contributed by atoms with Crippen molar-refractivity contribution in [1.82, 2.24) is 10.6 Å². The van der Waals surface area contributed by atoms with E-state index in [1.807, 2.05) is 24.3 Å². The molecule has 206 valence electrons. The summed E-state index contributed by atoms with van der Waals surface area (Å²) in [4.78, 5) is 42.0. The summed E-state index contributed by atoms with van der Waals surface area (Å²) >= 11 is 0. The molecule has 8 N–H and O–H groups in total. The minimum Gasteiger partial charge on any atom is -0.508 e. The van der Waals surface area contributed by atoms with Crippen LogP contribution in [0, 0.1) is 5.92 Å². The molecule has 38 heavy (non-hydrogen) atoms. The van der Waals surface area contributed by atoms with Gasteiger partial charge in [-0.25, -0.2) is 4.79 Å². The topological polar surface area (TPSA) is 180 Å². The lowest BCUT2D eigenvalue weighted by atomic mass is 9.95. The number of hydrogen-bond donors (Lipinski definition) is 6. The highest BCUT2D eigenvalue weighted by molar-refractivity contribution is 5.92. The number of phenolic OH excluding ortho intramolecular Hbond substituents is 1. The average molecular weight is 526 g/mol. The van der Waals surface area contributed by atoms with E-state index in [1.165, 1.54) is 17.7 Å². The van der Waals surface area contributed by atoms with Gasteiger partial charge in [-0.1, -0.05) is 50.2 Å². The van der Waals surface area contributed by atoms with Crippen molar-refractivity contribution >= 4 is 23.7 Å². The summed E-state index contributed by atoms with van der Waals surface area (Å²) in [5.41, 5.74) is 13.3. The zero-order valence-corrected chi connectivity index (χ0v) is 22.2. The van der Waals surface area contributed by atoms with Crippen molar-refractivity contribution in [3.8, 4) is 5.75 Å². The molecular weight excluding hydrogens is 486 g/mol. The molecule has 2 amide bonds. The van der Waals surface area contributed by atoms with Gasteiger partial charge in [0.1, 0.15) is 17.8 Å². The first-order valence-corrected chi connectivity index (χ1v) is 12.7. The number of hydrogen-bond acceptors (Lipinski definition) is 5. The van der Waals surface area contributed by atoms with Crippen LogP contribution in [0.2, 0.25) is 0 Å². The van der Waals surface area contributed by atoms with Gasteiger partial charge in [0.15, 0.2) is 5.96 Å². The minimum atomic E-state index is -1.20. The molecule has 10 nitrogen and oxygen atoms in total. The molecule has 0 spiro atoms. The number of rotatable bonds is 14. The second kappa shape index (κ2) is 14.6. The molecule has 0 aliphatic heterocycles. The van der Waals surface area contributed by atoms with Crippen molar-refractivity contribution in [1.29, 1.82) is 0 Å². The largest absolute Gasteiger partial charge is 0.508 e. The number of nitrogens with zero attached hydrogens (tertiary/aromatic N) is 1. The molecule has 0 radical (unpaired) electrons. The summed E-state index contributed by atoms with van der Waals surface area (Å²) in [6.07, 6.45) is 1.50. The number of nitrogens with one attached hydrogen (secondary N) is 2. The molecule has 0 fully saturated rings. The first-order chi connectivity index (χ1) is 18.0. The second-order valence-electron chi connectivity index (χ2n) is 9.84. The number of guanidine groups is 1. The number of nitrogens with two attached hydrogens (primary N) is 2. The summed E-state index contributed by atoms with van der Waals surface area (Å²) < 4.78 is 0. The lowest BCUT2D eigenvalue weighted by molar-refractivity contribution is -0.142. The number of carbonyl (C=O) groups excluding carboxylic acids is 2. The van der Waals surface area contributed by atoms with Gasteiger partial charge in [-0.15, -0.1) is 0 Å². The van der Waals surface area contributed by atoms with Gasteiger partial charge in [-0.05, 0) is 60.9 Å². The number of amides is 2. The van der Waals surface area contributed by atoms with E-state index in [0.717, 1.165) is 12.0 Å². The van der Waals surface area contributed by atoms with Crippen molar-refractivity contribution in [2.75, 3.05) is 6.54 Å². The second-order valence-corrected chi connectivity index (χ2v) is 9.84. The standard InChI is InChI=1S/C28H39N5O5/c1-17(2)15-19-6-10-21(11-7-19)18(3)25(35)33-24(16-20-8-12-22(34)13-9-20)26(36)32-23(27(37)38)5-4-14-31-28(29)30/h6-13,17-18,23-24,34H,4-5,14-16H2,1-3H3,(H,32,36)(H,33,35)(H,37,38)(H4,29,30,31)/t18?,23-,24-/m0/s1. The van der Waals surface area contributed by atoms with Crippen LogP contribution in [0.15, 0.2) is 53.5 Å². The van der Waals surface area contributed by atoms with Gasteiger partial charge in [0.25, 0.3) is 0 Å². The van der Waals surface area contributed by atoms with Crippen LogP contribution in [-0.2, 0) is 27.2 Å². The van der Waals surface area contributed by atoms with E-state index in [1.54, 1.807) is 19.1 Å². The first-order valence-electron chi connectivity index (χ1n) is 12.7. The molecule has 2 rings (SSSR count). The molecule has 0 aliphatic carbocycles. The van der Waals surface area contributed by atoms with Crippen LogP contribution in [0.3, 0.4) is 0 Å². The van der Waals surface area contributed by atoms with E-state index in [-0.39, 0.29) is 37.0 Å². The molecule has 0 saturated carbocycles. The molecule has 0 heterocycles. The molecule has 0 bridgehead atoms. The summed E-state index contributed by atoms with van der Waals surface area (Å²) in [7, 11) is 0. The number of aliphatic carboxylic acids is 1. The van der Waals surface area contributed by atoms with E-state index < -0.39 is 29.9 Å².